The maximum atomic E-state index is 6.21. The van der Waals surface area contributed by atoms with Crippen molar-refractivity contribution >= 4 is 11.6 Å². The summed E-state index contributed by atoms with van der Waals surface area (Å²) in [5.41, 5.74) is 8.22. The van der Waals surface area contributed by atoms with Gasteiger partial charge in [0.15, 0.2) is 0 Å². The third-order valence-corrected chi connectivity index (χ3v) is 3.64. The molecule has 2 N–H and O–H groups in total. The topological polar surface area (TPSA) is 35.2 Å². The van der Waals surface area contributed by atoms with E-state index < -0.39 is 0 Å². The first-order chi connectivity index (χ1) is 9.24. The summed E-state index contributed by atoms with van der Waals surface area (Å²) in [5.74, 6) is 1.10. The summed E-state index contributed by atoms with van der Waals surface area (Å²) in [5, 5.41) is 0.795. The molecule has 0 aliphatic heterocycles. The number of halogens is 1. The second-order valence-electron chi connectivity index (χ2n) is 4.50. The van der Waals surface area contributed by atoms with Crippen molar-refractivity contribution in [1.29, 1.82) is 0 Å². The van der Waals surface area contributed by atoms with E-state index in [0.29, 0.717) is 6.54 Å². The first kappa shape index (κ1) is 13.9. The molecule has 0 radical (unpaired) electrons. The van der Waals surface area contributed by atoms with Gasteiger partial charge >= 0.3 is 0 Å². The van der Waals surface area contributed by atoms with Gasteiger partial charge in [-0.3, -0.25) is 0 Å². The molecule has 0 amide bonds. The number of rotatable bonds is 5. The Morgan fingerprint density at radius 1 is 1.16 bits per heavy atom. The quantitative estimate of drug-likeness (QED) is 0.904. The Bertz CT molecular complexity index is 542. The zero-order chi connectivity index (χ0) is 13.7. The molecule has 1 atom stereocenters. The van der Waals surface area contributed by atoms with E-state index in [1.807, 2.05) is 42.5 Å². The molecule has 3 heteroatoms. The molecular formula is C16H18ClNO. The van der Waals surface area contributed by atoms with Gasteiger partial charge in [0, 0.05) is 10.9 Å². The van der Waals surface area contributed by atoms with Crippen LogP contribution in [0.15, 0.2) is 48.5 Å². The van der Waals surface area contributed by atoms with Gasteiger partial charge in [0.1, 0.15) is 5.75 Å². The molecule has 0 spiro atoms. The molecule has 0 saturated heterocycles. The number of hydrogen-bond acceptors (Lipinski definition) is 2. The van der Waals surface area contributed by atoms with E-state index in [2.05, 4.69) is 6.07 Å². The zero-order valence-electron chi connectivity index (χ0n) is 11.0. The largest absolute Gasteiger partial charge is 0.497 e. The molecule has 0 saturated carbocycles. The van der Waals surface area contributed by atoms with Gasteiger partial charge in [-0.15, -0.1) is 0 Å². The smallest absolute Gasteiger partial charge is 0.119 e. The highest BCUT2D eigenvalue weighted by atomic mass is 35.5. The van der Waals surface area contributed by atoms with Crippen LogP contribution < -0.4 is 10.5 Å². The second kappa shape index (κ2) is 6.60. The molecule has 2 nitrogen and oxygen atoms in total. The van der Waals surface area contributed by atoms with Gasteiger partial charge in [0.05, 0.1) is 7.11 Å². The molecule has 0 fully saturated rings. The molecule has 1 unspecified atom stereocenters. The molecule has 2 aromatic rings. The van der Waals surface area contributed by atoms with Crippen LogP contribution in [0, 0.1) is 0 Å². The van der Waals surface area contributed by atoms with Crippen LogP contribution in [-0.2, 0) is 6.42 Å². The van der Waals surface area contributed by atoms with Crippen molar-refractivity contribution in [1.82, 2.24) is 0 Å². The van der Waals surface area contributed by atoms with Crippen LogP contribution in [0.1, 0.15) is 17.0 Å². The van der Waals surface area contributed by atoms with Crippen LogP contribution in [0.25, 0.3) is 0 Å². The van der Waals surface area contributed by atoms with E-state index in [4.69, 9.17) is 22.1 Å². The Morgan fingerprint density at radius 2 is 1.95 bits per heavy atom. The first-order valence-corrected chi connectivity index (χ1v) is 6.70. The lowest BCUT2D eigenvalue weighted by Gasteiger charge is -2.17. The molecular weight excluding hydrogens is 258 g/mol. The van der Waals surface area contributed by atoms with E-state index in [9.17, 15) is 0 Å². The van der Waals surface area contributed by atoms with Crippen LogP contribution in [0.4, 0.5) is 0 Å². The average molecular weight is 276 g/mol. The molecule has 100 valence electrons. The minimum atomic E-state index is 0.245. The van der Waals surface area contributed by atoms with E-state index in [-0.39, 0.29) is 5.92 Å². The first-order valence-electron chi connectivity index (χ1n) is 6.32. The van der Waals surface area contributed by atoms with Crippen molar-refractivity contribution < 1.29 is 4.74 Å². The summed E-state index contributed by atoms with van der Waals surface area (Å²) in [6.45, 7) is 0.582. The predicted molar refractivity (Wildman–Crippen MR) is 79.9 cm³/mol. The Morgan fingerprint density at radius 3 is 2.63 bits per heavy atom. The van der Waals surface area contributed by atoms with E-state index >= 15 is 0 Å². The molecule has 2 rings (SSSR count). The van der Waals surface area contributed by atoms with Crippen molar-refractivity contribution in [3.63, 3.8) is 0 Å². The fraction of sp³-hybridized carbons (Fsp3) is 0.250. The number of hydrogen-bond donors (Lipinski definition) is 1. The lowest BCUT2D eigenvalue weighted by atomic mass is 9.92. The average Bonchev–Trinajstić information content (AvgIpc) is 2.46. The van der Waals surface area contributed by atoms with Gasteiger partial charge < -0.3 is 10.5 Å². The van der Waals surface area contributed by atoms with E-state index in [1.54, 1.807) is 7.11 Å². The molecule has 0 aliphatic rings. The third-order valence-electron chi connectivity index (χ3n) is 3.27. The van der Waals surface area contributed by atoms with Gasteiger partial charge in [-0.2, -0.15) is 0 Å². The summed E-state index contributed by atoms with van der Waals surface area (Å²) in [7, 11) is 1.67. The lowest BCUT2D eigenvalue weighted by molar-refractivity contribution is 0.413. The second-order valence-corrected chi connectivity index (χ2v) is 4.91. The summed E-state index contributed by atoms with van der Waals surface area (Å²) in [4.78, 5) is 0. The van der Waals surface area contributed by atoms with Crippen LogP contribution >= 0.6 is 11.6 Å². The number of nitrogens with two attached hydrogens (primary N) is 1. The van der Waals surface area contributed by atoms with Gasteiger partial charge in [0.2, 0.25) is 0 Å². The van der Waals surface area contributed by atoms with Crippen LogP contribution in [0.2, 0.25) is 5.02 Å². The Labute approximate surface area is 119 Å². The van der Waals surface area contributed by atoms with Gasteiger partial charge in [-0.25, -0.2) is 0 Å². The van der Waals surface area contributed by atoms with E-state index in [1.165, 1.54) is 5.56 Å². The lowest BCUT2D eigenvalue weighted by Crippen LogP contribution is -2.15. The van der Waals surface area contributed by atoms with Crippen LogP contribution in [0.3, 0.4) is 0 Å². The minimum Gasteiger partial charge on any atom is -0.497 e. The van der Waals surface area contributed by atoms with Gasteiger partial charge in [0.25, 0.3) is 0 Å². The molecule has 0 aliphatic carbocycles. The SMILES string of the molecule is COc1cccc(C(CN)Cc2ccccc2Cl)c1. The van der Waals surface area contributed by atoms with Crippen molar-refractivity contribution in [2.75, 3.05) is 13.7 Å². The molecule has 19 heavy (non-hydrogen) atoms. The van der Waals surface area contributed by atoms with Crippen molar-refractivity contribution in [3.05, 3.63) is 64.7 Å². The number of benzene rings is 2. The van der Waals surface area contributed by atoms with Crippen molar-refractivity contribution in [3.8, 4) is 5.75 Å². The maximum Gasteiger partial charge on any atom is 0.119 e. The fourth-order valence-electron chi connectivity index (χ4n) is 2.16. The standard InChI is InChI=1S/C16H18ClNO/c1-19-15-7-4-6-12(10-15)14(11-18)9-13-5-2-3-8-16(13)17/h2-8,10,14H,9,11,18H2,1H3. The van der Waals surface area contributed by atoms with Crippen molar-refractivity contribution in [2.45, 2.75) is 12.3 Å². The molecule has 0 bridgehead atoms. The molecule has 2 aromatic carbocycles. The highest BCUT2D eigenvalue weighted by Crippen LogP contribution is 2.26. The van der Waals surface area contributed by atoms with Crippen LogP contribution in [0.5, 0.6) is 5.75 Å². The van der Waals surface area contributed by atoms with Crippen molar-refractivity contribution in [2.24, 2.45) is 5.73 Å². The molecule has 0 heterocycles. The highest BCUT2D eigenvalue weighted by molar-refractivity contribution is 6.31. The Balaban J connectivity index is 2.22. The monoisotopic (exact) mass is 275 g/mol. The Kier molecular flexibility index (Phi) is 4.83. The highest BCUT2D eigenvalue weighted by Gasteiger charge is 2.13. The van der Waals surface area contributed by atoms with Crippen LogP contribution in [-0.4, -0.2) is 13.7 Å². The summed E-state index contributed by atoms with van der Waals surface area (Å²) in [6, 6.07) is 15.9. The fourth-order valence-corrected chi connectivity index (χ4v) is 2.38. The predicted octanol–water partition coefficient (Wildman–Crippen LogP) is 3.63. The third kappa shape index (κ3) is 3.49. The van der Waals surface area contributed by atoms with E-state index in [0.717, 1.165) is 22.8 Å². The summed E-state index contributed by atoms with van der Waals surface area (Å²) < 4.78 is 5.26. The number of methoxy groups -OCH3 is 1. The summed E-state index contributed by atoms with van der Waals surface area (Å²) >= 11 is 6.21. The number of ether oxygens (including phenoxy) is 1. The summed E-state index contributed by atoms with van der Waals surface area (Å²) in [6.07, 6.45) is 0.837. The maximum absolute atomic E-state index is 6.21. The van der Waals surface area contributed by atoms with Gasteiger partial charge in [-0.1, -0.05) is 41.9 Å². The minimum absolute atomic E-state index is 0.245. The normalized spacial score (nSPS) is 12.2. The molecule has 0 aromatic heterocycles. The Hall–Kier alpha value is -1.51. The zero-order valence-corrected chi connectivity index (χ0v) is 11.7. The van der Waals surface area contributed by atoms with Gasteiger partial charge in [-0.05, 0) is 42.3 Å².